The SMILES string of the molecule is CC(C)=CCc1cc([C@H]2COc3cc(O)c(CC=C(C)C)c(O)c3C2=O)ccc1O. The van der Waals surface area contributed by atoms with Gasteiger partial charge in [-0.2, -0.15) is 0 Å². The molecule has 5 nitrogen and oxygen atoms in total. The van der Waals surface area contributed by atoms with E-state index in [1.807, 2.05) is 45.9 Å². The highest BCUT2D eigenvalue weighted by Crippen LogP contribution is 2.44. The van der Waals surface area contributed by atoms with Crippen molar-refractivity contribution in [1.82, 2.24) is 0 Å². The molecule has 0 fully saturated rings. The van der Waals surface area contributed by atoms with Crippen LogP contribution >= 0.6 is 0 Å². The Kier molecular flexibility index (Phi) is 6.20. The zero-order chi connectivity index (χ0) is 22.0. The first-order valence-electron chi connectivity index (χ1n) is 10.0. The Morgan fingerprint density at radius 1 is 1.00 bits per heavy atom. The first kappa shape index (κ1) is 21.5. The van der Waals surface area contributed by atoms with Gasteiger partial charge in [-0.3, -0.25) is 4.79 Å². The number of hydrogen-bond acceptors (Lipinski definition) is 5. The lowest BCUT2D eigenvalue weighted by Gasteiger charge is -2.26. The van der Waals surface area contributed by atoms with Crippen LogP contribution in [-0.4, -0.2) is 27.7 Å². The van der Waals surface area contributed by atoms with Crippen LogP contribution in [0.3, 0.4) is 0 Å². The summed E-state index contributed by atoms with van der Waals surface area (Å²) in [6.07, 6.45) is 4.77. The van der Waals surface area contributed by atoms with Crippen LogP contribution in [0.4, 0.5) is 0 Å². The van der Waals surface area contributed by atoms with E-state index < -0.39 is 5.92 Å². The Morgan fingerprint density at radius 3 is 2.33 bits per heavy atom. The van der Waals surface area contributed by atoms with E-state index >= 15 is 0 Å². The molecule has 0 saturated heterocycles. The molecule has 0 spiro atoms. The van der Waals surface area contributed by atoms with E-state index in [9.17, 15) is 20.1 Å². The number of ketones is 1. The van der Waals surface area contributed by atoms with Gasteiger partial charge in [0, 0.05) is 11.6 Å². The average Bonchev–Trinajstić information content (AvgIpc) is 2.67. The fraction of sp³-hybridized carbons (Fsp3) is 0.320. The fourth-order valence-corrected chi connectivity index (χ4v) is 3.50. The number of rotatable bonds is 5. The van der Waals surface area contributed by atoms with Crippen molar-refractivity contribution in [3.63, 3.8) is 0 Å². The van der Waals surface area contributed by atoms with Gasteiger partial charge in [0.15, 0.2) is 5.78 Å². The topological polar surface area (TPSA) is 87.0 Å². The second-order valence-corrected chi connectivity index (χ2v) is 8.18. The second kappa shape index (κ2) is 8.66. The first-order valence-corrected chi connectivity index (χ1v) is 10.0. The van der Waals surface area contributed by atoms with Crippen LogP contribution in [0.5, 0.6) is 23.0 Å². The number of fused-ring (bicyclic) bond motifs is 1. The van der Waals surface area contributed by atoms with Gasteiger partial charge in [0.25, 0.3) is 0 Å². The van der Waals surface area contributed by atoms with Crippen LogP contribution in [-0.2, 0) is 12.8 Å². The zero-order valence-corrected chi connectivity index (χ0v) is 17.8. The van der Waals surface area contributed by atoms with Gasteiger partial charge in [-0.1, -0.05) is 35.4 Å². The van der Waals surface area contributed by atoms with Gasteiger partial charge in [0.2, 0.25) is 0 Å². The highest BCUT2D eigenvalue weighted by molar-refractivity contribution is 6.07. The van der Waals surface area contributed by atoms with Crippen molar-refractivity contribution in [3.8, 4) is 23.0 Å². The molecule has 0 amide bonds. The smallest absolute Gasteiger partial charge is 0.181 e. The molecule has 1 aliphatic heterocycles. The normalized spacial score (nSPS) is 15.2. The molecule has 1 heterocycles. The Balaban J connectivity index is 1.99. The van der Waals surface area contributed by atoms with E-state index in [2.05, 4.69) is 0 Å². The van der Waals surface area contributed by atoms with Crippen LogP contribution < -0.4 is 4.74 Å². The molecular weight excluding hydrogens is 380 g/mol. The van der Waals surface area contributed by atoms with Crippen molar-refractivity contribution in [3.05, 3.63) is 69.8 Å². The maximum atomic E-state index is 13.3. The van der Waals surface area contributed by atoms with Gasteiger partial charge < -0.3 is 20.1 Å². The summed E-state index contributed by atoms with van der Waals surface area (Å²) in [5.74, 6) is -0.820. The van der Waals surface area contributed by atoms with E-state index in [1.165, 1.54) is 6.07 Å². The maximum absolute atomic E-state index is 13.3. The van der Waals surface area contributed by atoms with Crippen molar-refractivity contribution in [2.45, 2.75) is 46.5 Å². The molecular formula is C25H28O5. The van der Waals surface area contributed by atoms with E-state index in [1.54, 1.807) is 12.1 Å². The summed E-state index contributed by atoms with van der Waals surface area (Å²) in [6.45, 7) is 7.93. The van der Waals surface area contributed by atoms with Gasteiger partial charge in [-0.05, 0) is 57.7 Å². The van der Waals surface area contributed by atoms with Gasteiger partial charge in [0.1, 0.15) is 35.2 Å². The van der Waals surface area contributed by atoms with Gasteiger partial charge >= 0.3 is 0 Å². The highest BCUT2D eigenvalue weighted by Gasteiger charge is 2.34. The number of carbonyl (C=O) groups is 1. The van der Waals surface area contributed by atoms with Gasteiger partial charge in [-0.15, -0.1) is 0 Å². The number of Topliss-reactive ketones (excluding diaryl/α,β-unsaturated/α-hetero) is 1. The van der Waals surface area contributed by atoms with Crippen LogP contribution in [0.1, 0.15) is 60.7 Å². The lowest BCUT2D eigenvalue weighted by molar-refractivity contribution is 0.0891. The molecule has 30 heavy (non-hydrogen) atoms. The molecule has 1 aliphatic rings. The molecule has 0 saturated carbocycles. The summed E-state index contributed by atoms with van der Waals surface area (Å²) in [5, 5.41) is 31.2. The summed E-state index contributed by atoms with van der Waals surface area (Å²) in [4.78, 5) is 13.3. The van der Waals surface area contributed by atoms with Crippen molar-refractivity contribution in [2.75, 3.05) is 6.61 Å². The molecule has 5 heteroatoms. The lowest BCUT2D eigenvalue weighted by atomic mass is 9.86. The number of carbonyl (C=O) groups excluding carboxylic acids is 1. The van der Waals surface area contributed by atoms with Crippen LogP contribution in [0.2, 0.25) is 0 Å². The third-order valence-electron chi connectivity index (χ3n) is 5.27. The Bertz CT molecular complexity index is 1040. The minimum absolute atomic E-state index is 0.0938. The van der Waals surface area contributed by atoms with E-state index in [4.69, 9.17) is 4.74 Å². The molecule has 158 valence electrons. The van der Waals surface area contributed by atoms with Crippen molar-refractivity contribution in [2.24, 2.45) is 0 Å². The van der Waals surface area contributed by atoms with Gasteiger partial charge in [0.05, 0.1) is 5.92 Å². The first-order chi connectivity index (χ1) is 14.2. The molecule has 2 aromatic carbocycles. The number of allylic oxidation sites excluding steroid dienone is 4. The molecule has 0 bridgehead atoms. The lowest BCUT2D eigenvalue weighted by Crippen LogP contribution is -2.26. The molecule has 0 aliphatic carbocycles. The quantitative estimate of drug-likeness (QED) is 0.594. The van der Waals surface area contributed by atoms with Gasteiger partial charge in [-0.25, -0.2) is 0 Å². The third kappa shape index (κ3) is 4.35. The molecule has 3 N–H and O–H groups in total. The third-order valence-corrected chi connectivity index (χ3v) is 5.27. The highest BCUT2D eigenvalue weighted by atomic mass is 16.5. The van der Waals surface area contributed by atoms with E-state index in [0.717, 1.165) is 22.3 Å². The maximum Gasteiger partial charge on any atom is 0.181 e. The molecule has 3 rings (SSSR count). The van der Waals surface area contributed by atoms with E-state index in [-0.39, 0.29) is 41.0 Å². The van der Waals surface area contributed by atoms with Crippen LogP contribution in [0.25, 0.3) is 0 Å². The molecule has 2 aromatic rings. The van der Waals surface area contributed by atoms with Crippen molar-refractivity contribution < 1.29 is 24.9 Å². The number of ether oxygens (including phenoxy) is 1. The summed E-state index contributed by atoms with van der Waals surface area (Å²) in [5.41, 5.74) is 4.03. The number of benzene rings is 2. The van der Waals surface area contributed by atoms with Crippen molar-refractivity contribution >= 4 is 5.78 Å². The monoisotopic (exact) mass is 408 g/mol. The number of phenols is 3. The number of aromatic hydroxyl groups is 3. The predicted octanol–water partition coefficient (Wildman–Crippen LogP) is 5.18. The standard InChI is InChI=1S/C25H28O5/c1-14(2)5-7-17-11-16(8-10-20(17)26)19-13-30-22-12-21(27)18(9-6-15(3)4)24(28)23(22)25(19)29/h5-6,8,10-12,19,26-28H,7,9,13H2,1-4H3/t19-/m1/s1. The summed E-state index contributed by atoms with van der Waals surface area (Å²) >= 11 is 0. The second-order valence-electron chi connectivity index (χ2n) is 8.18. The van der Waals surface area contributed by atoms with Crippen LogP contribution in [0, 0.1) is 0 Å². The van der Waals surface area contributed by atoms with Crippen molar-refractivity contribution in [1.29, 1.82) is 0 Å². The average molecular weight is 408 g/mol. The summed E-state index contributed by atoms with van der Waals surface area (Å²) in [7, 11) is 0. The zero-order valence-electron chi connectivity index (χ0n) is 17.8. The minimum Gasteiger partial charge on any atom is -0.508 e. The van der Waals surface area contributed by atoms with E-state index in [0.29, 0.717) is 18.4 Å². The molecule has 0 radical (unpaired) electrons. The fourth-order valence-electron chi connectivity index (χ4n) is 3.50. The Labute approximate surface area is 177 Å². The summed E-state index contributed by atoms with van der Waals surface area (Å²) < 4.78 is 5.74. The Hall–Kier alpha value is -3.21. The minimum atomic E-state index is -0.602. The summed E-state index contributed by atoms with van der Waals surface area (Å²) in [6, 6.07) is 6.50. The number of hydrogen-bond donors (Lipinski definition) is 3. The van der Waals surface area contributed by atoms with Crippen LogP contribution in [0.15, 0.2) is 47.6 Å². The number of phenolic OH excluding ortho intramolecular Hbond substituents is 3. The predicted molar refractivity (Wildman–Crippen MR) is 117 cm³/mol. The molecule has 0 aromatic heterocycles. The largest absolute Gasteiger partial charge is 0.508 e. The Morgan fingerprint density at radius 2 is 1.67 bits per heavy atom. The molecule has 1 atom stereocenters. The molecule has 0 unspecified atom stereocenters.